The first kappa shape index (κ1) is 16.6. The number of para-hydroxylation sites is 2. The zero-order valence-electron chi connectivity index (χ0n) is 13.8. The Morgan fingerprint density at radius 3 is 2.65 bits per heavy atom. The molecule has 0 radical (unpaired) electrons. The third kappa shape index (κ3) is 3.55. The van der Waals surface area contributed by atoms with Crippen molar-refractivity contribution in [2.75, 3.05) is 13.2 Å². The van der Waals surface area contributed by atoms with E-state index in [1.54, 1.807) is 18.2 Å². The molecule has 6 heteroatoms. The van der Waals surface area contributed by atoms with E-state index < -0.39 is 0 Å². The molecule has 26 heavy (non-hydrogen) atoms. The van der Waals surface area contributed by atoms with Gasteiger partial charge in [-0.15, -0.1) is 11.3 Å². The van der Waals surface area contributed by atoms with Gasteiger partial charge in [-0.3, -0.25) is 4.79 Å². The van der Waals surface area contributed by atoms with Crippen molar-refractivity contribution in [3.63, 3.8) is 0 Å². The fraction of sp³-hybridized carbons (Fsp3) is 0.150. The van der Waals surface area contributed by atoms with Crippen LogP contribution in [0.5, 0.6) is 11.5 Å². The molecular weight excluding hydrogens is 353 g/mol. The monoisotopic (exact) mass is 369 g/mol. The van der Waals surface area contributed by atoms with E-state index in [1.807, 2.05) is 30.3 Å². The molecule has 1 amide bonds. The van der Waals surface area contributed by atoms with E-state index in [2.05, 4.69) is 5.32 Å². The zero-order chi connectivity index (χ0) is 17.9. The molecule has 0 fully saturated rings. The van der Waals surface area contributed by atoms with Gasteiger partial charge >= 0.3 is 0 Å². The van der Waals surface area contributed by atoms with Gasteiger partial charge in [0.15, 0.2) is 11.5 Å². The highest BCUT2D eigenvalue weighted by Gasteiger charge is 2.21. The SMILES string of the molecule is O=C(NC[C@H]1COc2ccccc2O1)c1ccc(-c2ccc(F)cc2)s1. The van der Waals surface area contributed by atoms with Gasteiger partial charge in [0.1, 0.15) is 18.5 Å². The summed E-state index contributed by atoms with van der Waals surface area (Å²) in [6, 6.07) is 17.3. The molecule has 132 valence electrons. The number of carbonyl (C=O) groups is 1. The molecule has 2 heterocycles. The summed E-state index contributed by atoms with van der Waals surface area (Å²) < 4.78 is 24.5. The van der Waals surface area contributed by atoms with Crippen molar-refractivity contribution in [1.82, 2.24) is 5.32 Å². The number of hydrogen-bond donors (Lipinski definition) is 1. The second-order valence-electron chi connectivity index (χ2n) is 5.88. The van der Waals surface area contributed by atoms with Crippen LogP contribution in [0.25, 0.3) is 10.4 Å². The van der Waals surface area contributed by atoms with Crippen molar-refractivity contribution < 1.29 is 18.7 Å². The van der Waals surface area contributed by atoms with Gasteiger partial charge in [0.25, 0.3) is 5.91 Å². The maximum Gasteiger partial charge on any atom is 0.261 e. The first-order valence-corrected chi connectivity index (χ1v) is 9.03. The Labute approximate surface area is 154 Å². The van der Waals surface area contributed by atoms with E-state index in [0.717, 1.165) is 16.2 Å². The summed E-state index contributed by atoms with van der Waals surface area (Å²) in [6.45, 7) is 0.750. The first-order chi connectivity index (χ1) is 12.7. The van der Waals surface area contributed by atoms with Crippen LogP contribution < -0.4 is 14.8 Å². The summed E-state index contributed by atoms with van der Waals surface area (Å²) in [7, 11) is 0. The Morgan fingerprint density at radius 1 is 1.08 bits per heavy atom. The van der Waals surface area contributed by atoms with E-state index in [1.165, 1.54) is 23.5 Å². The number of hydrogen-bond acceptors (Lipinski definition) is 4. The molecule has 0 saturated heterocycles. The van der Waals surface area contributed by atoms with E-state index in [0.29, 0.717) is 23.8 Å². The molecule has 0 saturated carbocycles. The molecule has 2 aromatic carbocycles. The Bertz CT molecular complexity index is 923. The van der Waals surface area contributed by atoms with Crippen LogP contribution in [0, 0.1) is 5.82 Å². The maximum absolute atomic E-state index is 13.0. The minimum absolute atomic E-state index is 0.161. The lowest BCUT2D eigenvalue weighted by atomic mass is 10.2. The predicted molar refractivity (Wildman–Crippen MR) is 98.4 cm³/mol. The van der Waals surface area contributed by atoms with Crippen molar-refractivity contribution in [3.8, 4) is 21.9 Å². The number of thiophene rings is 1. The average Bonchev–Trinajstić information content (AvgIpc) is 3.17. The summed E-state index contributed by atoms with van der Waals surface area (Å²) in [5.74, 6) is 0.968. The number of carbonyl (C=O) groups excluding carboxylic acids is 1. The number of amides is 1. The van der Waals surface area contributed by atoms with Gasteiger partial charge in [0.2, 0.25) is 0 Å². The summed E-state index contributed by atoms with van der Waals surface area (Å²) in [4.78, 5) is 13.9. The second kappa shape index (κ2) is 7.17. The molecule has 4 nitrogen and oxygen atoms in total. The lowest BCUT2D eigenvalue weighted by Gasteiger charge is -2.26. The van der Waals surface area contributed by atoms with Gasteiger partial charge in [-0.1, -0.05) is 24.3 Å². The Hall–Kier alpha value is -2.86. The van der Waals surface area contributed by atoms with Gasteiger partial charge in [0.05, 0.1) is 11.4 Å². The highest BCUT2D eigenvalue weighted by Crippen LogP contribution is 2.31. The van der Waals surface area contributed by atoms with Gasteiger partial charge in [-0.25, -0.2) is 4.39 Å². The number of halogens is 1. The predicted octanol–water partition coefficient (Wildman–Crippen LogP) is 4.12. The van der Waals surface area contributed by atoms with Crippen molar-refractivity contribution in [1.29, 1.82) is 0 Å². The molecule has 0 bridgehead atoms. The van der Waals surface area contributed by atoms with Crippen LogP contribution >= 0.6 is 11.3 Å². The van der Waals surface area contributed by atoms with Crippen LogP contribution in [0.3, 0.4) is 0 Å². The number of ether oxygens (including phenoxy) is 2. The van der Waals surface area contributed by atoms with Crippen molar-refractivity contribution >= 4 is 17.2 Å². The summed E-state index contributed by atoms with van der Waals surface area (Å²) in [6.07, 6.45) is -0.231. The van der Waals surface area contributed by atoms with Gasteiger partial charge in [0, 0.05) is 4.88 Å². The van der Waals surface area contributed by atoms with E-state index in [9.17, 15) is 9.18 Å². The summed E-state index contributed by atoms with van der Waals surface area (Å²) >= 11 is 1.37. The van der Waals surface area contributed by atoms with Crippen LogP contribution in [0.2, 0.25) is 0 Å². The Balaban J connectivity index is 1.36. The largest absolute Gasteiger partial charge is 0.486 e. The smallest absolute Gasteiger partial charge is 0.261 e. The Kier molecular flexibility index (Phi) is 4.58. The van der Waals surface area contributed by atoms with E-state index >= 15 is 0 Å². The molecule has 1 atom stereocenters. The molecule has 1 aliphatic heterocycles. The van der Waals surface area contributed by atoms with Gasteiger partial charge in [-0.2, -0.15) is 0 Å². The fourth-order valence-electron chi connectivity index (χ4n) is 2.69. The van der Waals surface area contributed by atoms with Crippen LogP contribution in [0.1, 0.15) is 9.67 Å². The number of fused-ring (bicyclic) bond motifs is 1. The molecular formula is C20H16FNO3S. The normalized spacial score (nSPS) is 15.5. The van der Waals surface area contributed by atoms with Crippen molar-refractivity contribution in [2.24, 2.45) is 0 Å². The maximum atomic E-state index is 13.0. The van der Waals surface area contributed by atoms with Crippen LogP contribution in [-0.2, 0) is 0 Å². The summed E-state index contributed by atoms with van der Waals surface area (Å²) in [5.41, 5.74) is 0.885. The summed E-state index contributed by atoms with van der Waals surface area (Å²) in [5, 5.41) is 2.88. The standard InChI is InChI=1S/C20H16FNO3S/c21-14-7-5-13(6-8-14)18-9-10-19(26-18)20(23)22-11-15-12-24-16-3-1-2-4-17(16)25-15/h1-10,15H,11-12H2,(H,22,23)/t15-/m0/s1. The van der Waals surface area contributed by atoms with Crippen LogP contribution in [0.4, 0.5) is 4.39 Å². The second-order valence-corrected chi connectivity index (χ2v) is 6.96. The molecule has 1 aliphatic rings. The topological polar surface area (TPSA) is 47.6 Å². The minimum Gasteiger partial charge on any atom is -0.486 e. The molecule has 3 aromatic rings. The minimum atomic E-state index is -0.278. The fourth-order valence-corrected chi connectivity index (χ4v) is 3.61. The number of benzene rings is 2. The Morgan fingerprint density at radius 2 is 1.85 bits per heavy atom. The molecule has 1 aromatic heterocycles. The first-order valence-electron chi connectivity index (χ1n) is 8.21. The van der Waals surface area contributed by atoms with Crippen LogP contribution in [-0.4, -0.2) is 25.2 Å². The molecule has 1 N–H and O–H groups in total. The van der Waals surface area contributed by atoms with Crippen LogP contribution in [0.15, 0.2) is 60.7 Å². The lowest BCUT2D eigenvalue weighted by Crippen LogP contribution is -2.40. The van der Waals surface area contributed by atoms with Gasteiger partial charge < -0.3 is 14.8 Å². The van der Waals surface area contributed by atoms with Gasteiger partial charge in [-0.05, 0) is 42.0 Å². The highest BCUT2D eigenvalue weighted by molar-refractivity contribution is 7.17. The zero-order valence-corrected chi connectivity index (χ0v) is 14.6. The molecule has 0 spiro atoms. The number of rotatable bonds is 4. The van der Waals surface area contributed by atoms with Crippen molar-refractivity contribution in [3.05, 3.63) is 71.4 Å². The third-order valence-electron chi connectivity index (χ3n) is 4.02. The average molecular weight is 369 g/mol. The third-order valence-corrected chi connectivity index (χ3v) is 5.15. The number of nitrogens with one attached hydrogen (secondary N) is 1. The van der Waals surface area contributed by atoms with E-state index in [4.69, 9.17) is 9.47 Å². The molecule has 0 aliphatic carbocycles. The quantitative estimate of drug-likeness (QED) is 0.752. The highest BCUT2D eigenvalue weighted by atomic mass is 32.1. The lowest BCUT2D eigenvalue weighted by molar-refractivity contribution is 0.0791. The molecule has 4 rings (SSSR count). The molecule has 0 unspecified atom stereocenters. The van der Waals surface area contributed by atoms with E-state index in [-0.39, 0.29) is 17.8 Å². The van der Waals surface area contributed by atoms with Crippen molar-refractivity contribution in [2.45, 2.75) is 6.10 Å².